The van der Waals surface area contributed by atoms with Crippen LogP contribution in [-0.4, -0.2) is 51.2 Å². The summed E-state index contributed by atoms with van der Waals surface area (Å²) in [6.45, 7) is 0.432. The molecule has 0 unspecified atom stereocenters. The van der Waals surface area contributed by atoms with Crippen LogP contribution in [0.25, 0.3) is 0 Å². The van der Waals surface area contributed by atoms with Gasteiger partial charge in [-0.15, -0.1) is 0 Å². The van der Waals surface area contributed by atoms with E-state index in [1.165, 1.54) is 13.2 Å². The van der Waals surface area contributed by atoms with Gasteiger partial charge >= 0.3 is 6.09 Å². The van der Waals surface area contributed by atoms with E-state index in [2.05, 4.69) is 4.74 Å². The molecule has 1 amide bonds. The molecule has 0 fully saturated rings. The summed E-state index contributed by atoms with van der Waals surface area (Å²) in [5.41, 5.74) is 5.22. The minimum Gasteiger partial charge on any atom is -0.496 e. The maximum absolute atomic E-state index is 12.4. The maximum Gasteiger partial charge on any atom is 0.404 e. The van der Waals surface area contributed by atoms with Crippen molar-refractivity contribution in [2.24, 2.45) is 5.73 Å². The van der Waals surface area contributed by atoms with Crippen molar-refractivity contribution >= 4 is 11.9 Å². The van der Waals surface area contributed by atoms with E-state index in [9.17, 15) is 9.59 Å². The van der Waals surface area contributed by atoms with Crippen molar-refractivity contribution in [2.75, 3.05) is 34.4 Å². The number of rotatable bonds is 9. The number of carbonyl (C=O) groups is 2. The Morgan fingerprint density at radius 1 is 1.22 bits per heavy atom. The van der Waals surface area contributed by atoms with Crippen LogP contribution in [0, 0.1) is 0 Å². The molecule has 2 N–H and O–H groups in total. The van der Waals surface area contributed by atoms with Crippen molar-refractivity contribution in [3.05, 3.63) is 36.0 Å². The van der Waals surface area contributed by atoms with E-state index in [-0.39, 0.29) is 19.0 Å². The number of nitrogens with zero attached hydrogens (tertiary/aromatic N) is 1. The van der Waals surface area contributed by atoms with Crippen molar-refractivity contribution in [3.63, 3.8) is 0 Å². The van der Waals surface area contributed by atoms with Gasteiger partial charge in [0.05, 0.1) is 20.3 Å². The zero-order valence-corrected chi connectivity index (χ0v) is 13.6. The minimum atomic E-state index is -0.823. The highest BCUT2D eigenvalue weighted by Crippen LogP contribution is 2.29. The highest BCUT2D eigenvalue weighted by atomic mass is 16.5. The second-order valence-corrected chi connectivity index (χ2v) is 4.85. The lowest BCUT2D eigenvalue weighted by molar-refractivity contribution is 0.103. The number of methoxy groups -OCH3 is 1. The molecule has 0 saturated carbocycles. The average molecular weight is 322 g/mol. The molecule has 0 aliphatic carbocycles. The fraction of sp³-hybridized carbons (Fsp3) is 0.375. The number of allylic oxidation sites excluding steroid dienone is 1. The van der Waals surface area contributed by atoms with Crippen LogP contribution in [0.2, 0.25) is 0 Å². The predicted octanol–water partition coefficient (Wildman–Crippen LogP) is 1.82. The van der Waals surface area contributed by atoms with Crippen LogP contribution in [0.5, 0.6) is 11.5 Å². The van der Waals surface area contributed by atoms with Gasteiger partial charge in [0.25, 0.3) is 0 Å². The minimum absolute atomic E-state index is 0.156. The zero-order valence-electron chi connectivity index (χ0n) is 13.6. The van der Waals surface area contributed by atoms with Crippen LogP contribution in [0.4, 0.5) is 4.79 Å². The Labute approximate surface area is 135 Å². The molecule has 23 heavy (non-hydrogen) atoms. The molecule has 126 valence electrons. The van der Waals surface area contributed by atoms with Crippen molar-refractivity contribution in [1.82, 2.24) is 4.90 Å². The zero-order chi connectivity index (χ0) is 17.2. The van der Waals surface area contributed by atoms with Crippen LogP contribution in [-0.2, 0) is 4.74 Å². The lowest BCUT2D eigenvalue weighted by Gasteiger charge is -2.13. The number of benzene rings is 1. The monoisotopic (exact) mass is 322 g/mol. The summed E-state index contributed by atoms with van der Waals surface area (Å²) in [5, 5.41) is 0. The molecule has 7 nitrogen and oxygen atoms in total. The molecule has 1 aromatic rings. The van der Waals surface area contributed by atoms with Crippen LogP contribution in [0.1, 0.15) is 16.8 Å². The number of hydrogen-bond acceptors (Lipinski definition) is 6. The number of nitrogens with two attached hydrogens (primary N) is 1. The molecule has 0 aromatic heterocycles. The lowest BCUT2D eigenvalue weighted by atomic mass is 10.1. The van der Waals surface area contributed by atoms with E-state index < -0.39 is 6.09 Å². The number of hydrogen-bond donors (Lipinski definition) is 1. The van der Waals surface area contributed by atoms with E-state index in [0.29, 0.717) is 23.5 Å². The Kier molecular flexibility index (Phi) is 7.45. The molecule has 7 heteroatoms. The highest BCUT2D eigenvalue weighted by molar-refractivity contribution is 6.08. The fourth-order valence-corrected chi connectivity index (χ4v) is 1.76. The van der Waals surface area contributed by atoms with E-state index >= 15 is 0 Å². The molecule has 0 aliphatic heterocycles. The van der Waals surface area contributed by atoms with Gasteiger partial charge in [0.15, 0.2) is 5.78 Å². The van der Waals surface area contributed by atoms with E-state index in [1.54, 1.807) is 29.3 Å². The molecule has 0 bridgehead atoms. The smallest absolute Gasteiger partial charge is 0.404 e. The Morgan fingerprint density at radius 2 is 1.91 bits per heavy atom. The van der Waals surface area contributed by atoms with Gasteiger partial charge in [0.1, 0.15) is 17.1 Å². The largest absolute Gasteiger partial charge is 0.496 e. The van der Waals surface area contributed by atoms with Gasteiger partial charge in [0, 0.05) is 32.8 Å². The number of ketones is 1. The molecule has 0 radical (unpaired) electrons. The van der Waals surface area contributed by atoms with Gasteiger partial charge in [0.2, 0.25) is 0 Å². The molecule has 0 heterocycles. The third-order valence-electron chi connectivity index (χ3n) is 2.77. The van der Waals surface area contributed by atoms with Gasteiger partial charge in [-0.25, -0.2) is 4.79 Å². The Morgan fingerprint density at radius 3 is 2.52 bits per heavy atom. The average Bonchev–Trinajstić information content (AvgIpc) is 2.51. The van der Waals surface area contributed by atoms with E-state index in [0.717, 1.165) is 0 Å². The number of carbonyl (C=O) groups excluding carboxylic acids is 2. The lowest BCUT2D eigenvalue weighted by Crippen LogP contribution is -2.15. The van der Waals surface area contributed by atoms with E-state index in [4.69, 9.17) is 15.2 Å². The first-order valence-corrected chi connectivity index (χ1v) is 7.06. The summed E-state index contributed by atoms with van der Waals surface area (Å²) in [6.07, 6.45) is 2.73. The first-order chi connectivity index (χ1) is 11.0. The van der Waals surface area contributed by atoms with Crippen LogP contribution >= 0.6 is 0 Å². The summed E-state index contributed by atoms with van der Waals surface area (Å²) in [6, 6.07) is 5.12. The van der Waals surface area contributed by atoms with Crippen molar-refractivity contribution < 1.29 is 23.8 Å². The number of amides is 1. The fourth-order valence-electron chi connectivity index (χ4n) is 1.76. The molecular weight excluding hydrogens is 300 g/mol. The quantitative estimate of drug-likeness (QED) is 0.423. The maximum atomic E-state index is 12.4. The highest BCUT2D eigenvalue weighted by Gasteiger charge is 2.16. The Hall–Kier alpha value is -2.70. The second-order valence-electron chi connectivity index (χ2n) is 4.85. The van der Waals surface area contributed by atoms with Crippen molar-refractivity contribution in [3.8, 4) is 11.5 Å². The number of ether oxygens (including phenoxy) is 3. The van der Waals surface area contributed by atoms with Gasteiger partial charge in [-0.3, -0.25) is 4.79 Å². The van der Waals surface area contributed by atoms with Crippen LogP contribution in [0.3, 0.4) is 0 Å². The predicted molar refractivity (Wildman–Crippen MR) is 85.8 cm³/mol. The Balaban J connectivity index is 2.82. The van der Waals surface area contributed by atoms with Crippen LogP contribution in [0.15, 0.2) is 30.5 Å². The first-order valence-electron chi connectivity index (χ1n) is 7.06. The van der Waals surface area contributed by atoms with Crippen LogP contribution < -0.4 is 15.2 Å². The standard InChI is InChI=1S/C16H22N2O5/c1-18(2)9-8-12(19)15-13(21-3)6-4-7-14(15)22-10-5-11-23-16(17)20/h4,6-9H,5,10-11H2,1-3H3,(H2,17,20). The summed E-state index contributed by atoms with van der Waals surface area (Å²) < 4.78 is 15.5. The summed E-state index contributed by atoms with van der Waals surface area (Å²) in [5.74, 6) is 0.626. The molecule has 1 rings (SSSR count). The molecule has 0 atom stereocenters. The van der Waals surface area contributed by atoms with Gasteiger partial charge in [-0.2, -0.15) is 0 Å². The SMILES string of the molecule is COc1cccc(OCCCOC(N)=O)c1C(=O)C=CN(C)C. The van der Waals surface area contributed by atoms with E-state index in [1.807, 2.05) is 14.1 Å². The third kappa shape index (κ3) is 6.29. The summed E-state index contributed by atoms with van der Waals surface area (Å²) >= 11 is 0. The van der Waals surface area contributed by atoms with Gasteiger partial charge in [-0.1, -0.05) is 6.07 Å². The third-order valence-corrected chi connectivity index (χ3v) is 2.77. The summed E-state index contributed by atoms with van der Waals surface area (Å²) in [7, 11) is 5.14. The molecular formula is C16H22N2O5. The molecule has 0 aliphatic rings. The molecule has 0 saturated heterocycles. The van der Waals surface area contributed by atoms with Gasteiger partial charge < -0.3 is 24.8 Å². The second kappa shape index (κ2) is 9.34. The van der Waals surface area contributed by atoms with Crippen molar-refractivity contribution in [2.45, 2.75) is 6.42 Å². The number of primary amides is 1. The summed E-state index contributed by atoms with van der Waals surface area (Å²) in [4.78, 5) is 24.6. The Bertz CT molecular complexity index is 570. The van der Waals surface area contributed by atoms with Crippen molar-refractivity contribution in [1.29, 1.82) is 0 Å². The van der Waals surface area contributed by atoms with Gasteiger partial charge in [-0.05, 0) is 12.1 Å². The molecule has 0 spiro atoms. The first kappa shape index (κ1) is 18.3. The topological polar surface area (TPSA) is 91.1 Å². The molecule has 1 aromatic carbocycles. The normalized spacial score (nSPS) is 10.4.